The normalized spacial score (nSPS) is 11.0. The molecule has 4 aromatic carbocycles. The monoisotopic (exact) mass is 819 g/mol. The molecular weight excluding hydrogens is 745 g/mol. The first-order chi connectivity index (χ1) is 29.5. The fourth-order valence-corrected chi connectivity index (χ4v) is 7.38. The first-order valence-corrected chi connectivity index (χ1v) is 23.6. The van der Waals surface area contributed by atoms with E-state index in [4.69, 9.17) is 18.9 Å². The van der Waals surface area contributed by atoms with E-state index in [0.717, 1.165) is 98.3 Å². The van der Waals surface area contributed by atoms with Gasteiger partial charge in [-0.25, -0.2) is 0 Å². The molecule has 60 heavy (non-hydrogen) atoms. The molecule has 326 valence electrons. The third-order valence-electron chi connectivity index (χ3n) is 11.1. The van der Waals surface area contributed by atoms with E-state index in [1.54, 1.807) is 0 Å². The van der Waals surface area contributed by atoms with E-state index in [0.29, 0.717) is 24.3 Å². The molecule has 0 aliphatic carbocycles. The molecule has 0 bridgehead atoms. The highest BCUT2D eigenvalue weighted by Crippen LogP contribution is 2.27. The Kier molecular flexibility index (Phi) is 24.4. The van der Waals surface area contributed by atoms with Gasteiger partial charge >= 0.3 is 11.9 Å². The number of ether oxygens (including phenoxy) is 4. The Labute approximate surface area is 362 Å². The number of hydrogen-bond acceptors (Lipinski definition) is 6. The molecule has 0 radical (unpaired) electrons. The maximum atomic E-state index is 12.5. The summed E-state index contributed by atoms with van der Waals surface area (Å²) in [5, 5.41) is 0. The Bertz CT molecular complexity index is 1570. The van der Waals surface area contributed by atoms with Gasteiger partial charge in [0, 0.05) is 12.8 Å². The van der Waals surface area contributed by atoms with Crippen LogP contribution in [0.25, 0.3) is 22.3 Å². The van der Waals surface area contributed by atoms with Crippen LogP contribution in [0.15, 0.2) is 97.1 Å². The van der Waals surface area contributed by atoms with E-state index in [9.17, 15) is 9.59 Å². The zero-order chi connectivity index (χ0) is 42.3. The standard InChI is InChI=1S/C54H74O6/c1-3-5-7-9-11-15-19-23-43-57-49-35-27-45(28-36-49)47-31-39-51(40-32-47)59-53(55)25-21-17-13-14-18-22-26-54(56)60-52-41-33-48(34-42-52)46-29-37-50(38-30-46)58-44-24-20-16-12-10-8-6-4-2/h27-42H,3-26,43-44H2,1-2H3. The average Bonchev–Trinajstić information content (AvgIpc) is 3.27. The molecule has 0 N–H and O–H groups in total. The summed E-state index contributed by atoms with van der Waals surface area (Å²) in [6.45, 7) is 6.04. The lowest BCUT2D eigenvalue weighted by atomic mass is 10.1. The van der Waals surface area contributed by atoms with Crippen LogP contribution >= 0.6 is 0 Å². The minimum atomic E-state index is -0.205. The second kappa shape index (κ2) is 30.4. The molecule has 0 saturated heterocycles. The summed E-state index contributed by atoms with van der Waals surface area (Å²) in [7, 11) is 0. The second-order valence-corrected chi connectivity index (χ2v) is 16.3. The molecule has 0 fully saturated rings. The molecule has 0 atom stereocenters. The van der Waals surface area contributed by atoms with Crippen molar-refractivity contribution >= 4 is 11.9 Å². The lowest BCUT2D eigenvalue weighted by Crippen LogP contribution is -2.07. The van der Waals surface area contributed by atoms with Crippen LogP contribution in [0.4, 0.5) is 0 Å². The topological polar surface area (TPSA) is 71.1 Å². The highest BCUT2D eigenvalue weighted by atomic mass is 16.5. The number of benzene rings is 4. The lowest BCUT2D eigenvalue weighted by molar-refractivity contribution is -0.135. The van der Waals surface area contributed by atoms with E-state index < -0.39 is 0 Å². The first kappa shape index (κ1) is 48.1. The zero-order valence-corrected chi connectivity index (χ0v) is 37.1. The molecular formula is C54H74O6. The summed E-state index contributed by atoms with van der Waals surface area (Å²) in [5.74, 6) is 2.53. The lowest BCUT2D eigenvalue weighted by Gasteiger charge is -2.09. The maximum absolute atomic E-state index is 12.5. The van der Waals surface area contributed by atoms with Crippen molar-refractivity contribution < 1.29 is 28.5 Å². The van der Waals surface area contributed by atoms with Crippen LogP contribution in [0, 0.1) is 0 Å². The van der Waals surface area contributed by atoms with Gasteiger partial charge in [-0.3, -0.25) is 9.59 Å². The van der Waals surface area contributed by atoms with E-state index in [2.05, 4.69) is 38.1 Å². The molecule has 0 spiro atoms. The summed E-state index contributed by atoms with van der Waals surface area (Å²) < 4.78 is 23.1. The number of carbonyl (C=O) groups is 2. The fraction of sp³-hybridized carbons (Fsp3) is 0.519. The van der Waals surface area contributed by atoms with Gasteiger partial charge in [-0.1, -0.05) is 178 Å². The van der Waals surface area contributed by atoms with E-state index in [1.807, 2.05) is 72.8 Å². The molecule has 0 unspecified atom stereocenters. The van der Waals surface area contributed by atoms with Gasteiger partial charge in [0.15, 0.2) is 0 Å². The Morgan fingerprint density at radius 1 is 0.317 bits per heavy atom. The van der Waals surface area contributed by atoms with Gasteiger partial charge in [-0.05, 0) is 96.5 Å². The largest absolute Gasteiger partial charge is 0.494 e. The number of hydrogen-bond donors (Lipinski definition) is 0. The van der Waals surface area contributed by atoms with Gasteiger partial charge in [0.2, 0.25) is 0 Å². The van der Waals surface area contributed by atoms with Crippen LogP contribution in [0.1, 0.15) is 168 Å². The van der Waals surface area contributed by atoms with E-state index in [1.165, 1.54) is 89.9 Å². The van der Waals surface area contributed by atoms with Gasteiger partial charge in [-0.2, -0.15) is 0 Å². The zero-order valence-electron chi connectivity index (χ0n) is 37.1. The molecule has 4 rings (SSSR count). The molecule has 6 heteroatoms. The number of unbranched alkanes of at least 4 members (excludes halogenated alkanes) is 19. The minimum Gasteiger partial charge on any atom is -0.494 e. The maximum Gasteiger partial charge on any atom is 0.311 e. The van der Waals surface area contributed by atoms with Crippen molar-refractivity contribution in [2.24, 2.45) is 0 Å². The number of esters is 2. The second-order valence-electron chi connectivity index (χ2n) is 16.3. The van der Waals surface area contributed by atoms with Crippen molar-refractivity contribution in [2.45, 2.75) is 168 Å². The third kappa shape index (κ3) is 20.6. The van der Waals surface area contributed by atoms with Crippen molar-refractivity contribution in [3.8, 4) is 45.3 Å². The Hall–Kier alpha value is -4.58. The van der Waals surface area contributed by atoms with Crippen LogP contribution in [0.5, 0.6) is 23.0 Å². The summed E-state index contributed by atoms with van der Waals surface area (Å²) in [5.41, 5.74) is 4.34. The fourth-order valence-electron chi connectivity index (χ4n) is 7.38. The van der Waals surface area contributed by atoms with Gasteiger partial charge in [0.25, 0.3) is 0 Å². The predicted molar refractivity (Wildman–Crippen MR) is 248 cm³/mol. The van der Waals surface area contributed by atoms with Gasteiger partial charge in [0.1, 0.15) is 23.0 Å². The van der Waals surface area contributed by atoms with Crippen molar-refractivity contribution in [1.82, 2.24) is 0 Å². The van der Waals surface area contributed by atoms with Crippen molar-refractivity contribution in [3.05, 3.63) is 97.1 Å². The Balaban J connectivity index is 0.987. The predicted octanol–water partition coefficient (Wildman–Crippen LogP) is 15.7. The van der Waals surface area contributed by atoms with Crippen LogP contribution in [0.2, 0.25) is 0 Å². The van der Waals surface area contributed by atoms with Crippen LogP contribution < -0.4 is 18.9 Å². The molecule has 0 aromatic heterocycles. The van der Waals surface area contributed by atoms with Gasteiger partial charge < -0.3 is 18.9 Å². The summed E-state index contributed by atoms with van der Waals surface area (Å²) in [4.78, 5) is 24.9. The average molecular weight is 819 g/mol. The molecule has 4 aromatic rings. The molecule has 6 nitrogen and oxygen atoms in total. The number of carbonyl (C=O) groups excluding carboxylic acids is 2. The highest BCUT2D eigenvalue weighted by molar-refractivity contribution is 5.74. The Morgan fingerprint density at radius 2 is 0.567 bits per heavy atom. The molecule has 0 amide bonds. The van der Waals surface area contributed by atoms with Crippen LogP contribution in [0.3, 0.4) is 0 Å². The summed E-state index contributed by atoms with van der Waals surface area (Å²) >= 11 is 0. The van der Waals surface area contributed by atoms with Gasteiger partial charge in [-0.15, -0.1) is 0 Å². The third-order valence-corrected chi connectivity index (χ3v) is 11.1. The van der Waals surface area contributed by atoms with Crippen molar-refractivity contribution in [1.29, 1.82) is 0 Å². The van der Waals surface area contributed by atoms with Gasteiger partial charge in [0.05, 0.1) is 13.2 Å². The summed E-state index contributed by atoms with van der Waals surface area (Å²) in [6, 6.07) is 31.8. The van der Waals surface area contributed by atoms with Crippen molar-refractivity contribution in [2.75, 3.05) is 13.2 Å². The van der Waals surface area contributed by atoms with E-state index in [-0.39, 0.29) is 11.9 Å². The van der Waals surface area contributed by atoms with E-state index >= 15 is 0 Å². The van der Waals surface area contributed by atoms with Crippen molar-refractivity contribution in [3.63, 3.8) is 0 Å². The van der Waals surface area contributed by atoms with Crippen LogP contribution in [-0.2, 0) is 9.59 Å². The molecule has 0 saturated carbocycles. The smallest absolute Gasteiger partial charge is 0.311 e. The molecule has 0 aliphatic rings. The quantitative estimate of drug-likeness (QED) is 0.0271. The molecule has 0 aliphatic heterocycles. The number of rotatable bonds is 33. The summed E-state index contributed by atoms with van der Waals surface area (Å²) in [6.07, 6.45) is 27.0. The molecule has 0 heterocycles. The first-order valence-electron chi connectivity index (χ1n) is 23.6. The highest BCUT2D eigenvalue weighted by Gasteiger charge is 2.09. The van der Waals surface area contributed by atoms with Crippen LogP contribution in [-0.4, -0.2) is 25.2 Å². The Morgan fingerprint density at radius 3 is 0.867 bits per heavy atom. The minimum absolute atomic E-state index is 0.205. The SMILES string of the molecule is CCCCCCCCCCOc1ccc(-c2ccc(OC(=O)CCCCCCCCC(=O)Oc3ccc(-c4ccc(OCCCCCCCCCC)cc4)cc3)cc2)cc1.